The van der Waals surface area contributed by atoms with Crippen LogP contribution < -0.4 is 9.62 Å². The van der Waals surface area contributed by atoms with Gasteiger partial charge in [0.15, 0.2) is 0 Å². The van der Waals surface area contributed by atoms with Crippen LogP contribution >= 0.6 is 11.6 Å². The maximum absolute atomic E-state index is 12.0. The number of nitrogens with one attached hydrogen (secondary N) is 1. The zero-order chi connectivity index (χ0) is 16.8. The fourth-order valence-electron chi connectivity index (χ4n) is 1.84. The molecule has 1 aromatic carbocycles. The Labute approximate surface area is 137 Å². The van der Waals surface area contributed by atoms with E-state index in [1.165, 1.54) is 0 Å². The van der Waals surface area contributed by atoms with Gasteiger partial charge in [0, 0.05) is 6.54 Å². The molecule has 0 saturated carbocycles. The van der Waals surface area contributed by atoms with Crippen LogP contribution in [0, 0.1) is 0 Å². The number of anilines is 1. The zero-order valence-corrected chi connectivity index (χ0v) is 14.6. The molecular formula is C14H22ClN3O3S. The number of sulfonamides is 1. The summed E-state index contributed by atoms with van der Waals surface area (Å²) in [5.74, 6) is -0.357. The molecule has 0 aliphatic heterocycles. The number of hydrogen-bond acceptors (Lipinski definition) is 4. The smallest absolute Gasteiger partial charge is 0.240 e. The minimum atomic E-state index is -3.60. The molecule has 0 heterocycles. The molecule has 0 unspecified atom stereocenters. The topological polar surface area (TPSA) is 69.7 Å². The summed E-state index contributed by atoms with van der Waals surface area (Å²) in [7, 11) is 0.298. The summed E-state index contributed by atoms with van der Waals surface area (Å²) in [6, 6.07) is 6.54. The lowest BCUT2D eigenvalue weighted by atomic mass is 10.3. The fourth-order valence-corrected chi connectivity index (χ4v) is 3.00. The highest BCUT2D eigenvalue weighted by Crippen LogP contribution is 2.26. The first kappa shape index (κ1) is 18.7. The molecule has 0 aromatic heterocycles. The van der Waals surface area contributed by atoms with E-state index in [0.717, 1.165) is 23.5 Å². The first-order valence-corrected chi connectivity index (χ1v) is 9.08. The second-order valence-corrected chi connectivity index (χ2v) is 7.54. The Morgan fingerprint density at radius 2 is 1.91 bits per heavy atom. The molecule has 1 rings (SSSR count). The quantitative estimate of drug-likeness (QED) is 0.717. The van der Waals surface area contributed by atoms with Crippen molar-refractivity contribution in [3.8, 4) is 0 Å². The van der Waals surface area contributed by atoms with Crippen LogP contribution in [0.25, 0.3) is 0 Å². The number of amides is 1. The van der Waals surface area contributed by atoms with Gasteiger partial charge in [0.2, 0.25) is 15.9 Å². The van der Waals surface area contributed by atoms with E-state index < -0.39 is 10.0 Å². The van der Waals surface area contributed by atoms with Gasteiger partial charge in [-0.2, -0.15) is 0 Å². The number of para-hydroxylation sites is 1. The minimum Gasteiger partial charge on any atom is -0.354 e. The number of carbonyl (C=O) groups is 1. The van der Waals surface area contributed by atoms with Crippen LogP contribution in [-0.2, 0) is 14.8 Å². The van der Waals surface area contributed by atoms with E-state index in [1.54, 1.807) is 24.3 Å². The summed E-state index contributed by atoms with van der Waals surface area (Å²) >= 11 is 6.03. The summed E-state index contributed by atoms with van der Waals surface area (Å²) in [6.45, 7) is 1.06. The van der Waals surface area contributed by atoms with Crippen molar-refractivity contribution in [1.82, 2.24) is 10.2 Å². The maximum atomic E-state index is 12.0. The Kier molecular flexibility index (Phi) is 7.12. The Morgan fingerprint density at radius 3 is 2.45 bits per heavy atom. The molecule has 22 heavy (non-hydrogen) atoms. The zero-order valence-electron chi connectivity index (χ0n) is 13.0. The van der Waals surface area contributed by atoms with Crippen molar-refractivity contribution in [1.29, 1.82) is 0 Å². The van der Waals surface area contributed by atoms with Gasteiger partial charge in [-0.3, -0.25) is 9.10 Å². The molecule has 6 nitrogen and oxygen atoms in total. The number of benzene rings is 1. The highest BCUT2D eigenvalue weighted by Gasteiger charge is 2.22. The molecule has 0 spiro atoms. The second-order valence-electron chi connectivity index (χ2n) is 5.23. The maximum Gasteiger partial charge on any atom is 0.240 e. The Morgan fingerprint density at radius 1 is 1.27 bits per heavy atom. The fraction of sp³-hybridized carbons (Fsp3) is 0.500. The molecule has 8 heteroatoms. The SMILES string of the molecule is CN(C)CCCNC(=O)CN(c1ccccc1Cl)S(C)(=O)=O. The molecular weight excluding hydrogens is 326 g/mol. The standard InChI is InChI=1S/C14H22ClN3O3S/c1-17(2)10-6-9-16-14(19)11-18(22(3,20)21)13-8-5-4-7-12(13)15/h4-5,7-8H,6,9-11H2,1-3H3,(H,16,19). The van der Waals surface area contributed by atoms with Crippen LogP contribution in [0.5, 0.6) is 0 Å². The Bertz CT molecular complexity index is 605. The van der Waals surface area contributed by atoms with Gasteiger partial charge in [-0.15, -0.1) is 0 Å². The van der Waals surface area contributed by atoms with Crippen LogP contribution in [0.3, 0.4) is 0 Å². The summed E-state index contributed by atoms with van der Waals surface area (Å²) in [5.41, 5.74) is 0.301. The lowest BCUT2D eigenvalue weighted by molar-refractivity contribution is -0.119. The molecule has 1 N–H and O–H groups in total. The summed E-state index contributed by atoms with van der Waals surface area (Å²) in [4.78, 5) is 14.0. The molecule has 0 aliphatic rings. The lowest BCUT2D eigenvalue weighted by Gasteiger charge is -2.22. The second kappa shape index (κ2) is 8.36. The van der Waals surface area contributed by atoms with E-state index in [9.17, 15) is 13.2 Å². The molecule has 0 fully saturated rings. The number of carbonyl (C=O) groups excluding carboxylic acids is 1. The summed E-state index contributed by atoms with van der Waals surface area (Å²) in [6.07, 6.45) is 1.85. The van der Waals surface area contributed by atoms with Crippen LogP contribution in [0.2, 0.25) is 5.02 Å². The molecule has 0 saturated heterocycles. The average Bonchev–Trinajstić information content (AvgIpc) is 2.40. The largest absolute Gasteiger partial charge is 0.354 e. The van der Waals surface area contributed by atoms with Crippen molar-refractivity contribution < 1.29 is 13.2 Å². The number of hydrogen-bond donors (Lipinski definition) is 1. The number of nitrogens with zero attached hydrogens (tertiary/aromatic N) is 2. The average molecular weight is 348 g/mol. The Hall–Kier alpha value is -1.31. The highest BCUT2D eigenvalue weighted by atomic mass is 35.5. The van der Waals surface area contributed by atoms with E-state index in [0.29, 0.717) is 12.2 Å². The predicted molar refractivity (Wildman–Crippen MR) is 89.8 cm³/mol. The molecule has 0 radical (unpaired) electrons. The number of halogens is 1. The molecule has 0 bridgehead atoms. The third kappa shape index (κ3) is 6.21. The lowest BCUT2D eigenvalue weighted by Crippen LogP contribution is -2.41. The first-order valence-electron chi connectivity index (χ1n) is 6.85. The third-order valence-electron chi connectivity index (χ3n) is 2.91. The van der Waals surface area contributed by atoms with Gasteiger partial charge in [-0.25, -0.2) is 8.42 Å². The van der Waals surface area contributed by atoms with E-state index in [2.05, 4.69) is 5.32 Å². The van der Waals surface area contributed by atoms with Gasteiger partial charge in [-0.05, 0) is 39.2 Å². The van der Waals surface area contributed by atoms with E-state index >= 15 is 0 Å². The highest BCUT2D eigenvalue weighted by molar-refractivity contribution is 7.92. The van der Waals surface area contributed by atoms with Crippen LogP contribution in [0.1, 0.15) is 6.42 Å². The van der Waals surface area contributed by atoms with Gasteiger partial charge >= 0.3 is 0 Å². The van der Waals surface area contributed by atoms with Crippen LogP contribution in [0.4, 0.5) is 5.69 Å². The van der Waals surface area contributed by atoms with Crippen molar-refractivity contribution in [2.24, 2.45) is 0 Å². The normalized spacial score (nSPS) is 11.5. The number of rotatable bonds is 8. The van der Waals surface area contributed by atoms with E-state index in [4.69, 9.17) is 11.6 Å². The molecule has 0 atom stereocenters. The molecule has 0 aliphatic carbocycles. The molecule has 1 aromatic rings. The van der Waals surface area contributed by atoms with Crippen molar-refractivity contribution >= 4 is 33.2 Å². The molecule has 124 valence electrons. The van der Waals surface area contributed by atoms with E-state index in [-0.39, 0.29) is 17.5 Å². The summed E-state index contributed by atoms with van der Waals surface area (Å²) < 4.78 is 24.8. The van der Waals surface area contributed by atoms with Crippen LogP contribution in [0.15, 0.2) is 24.3 Å². The van der Waals surface area contributed by atoms with Crippen LogP contribution in [-0.4, -0.2) is 59.2 Å². The van der Waals surface area contributed by atoms with Crippen molar-refractivity contribution in [3.05, 3.63) is 29.3 Å². The Balaban J connectivity index is 2.72. The van der Waals surface area contributed by atoms with Crippen molar-refractivity contribution in [2.45, 2.75) is 6.42 Å². The van der Waals surface area contributed by atoms with E-state index in [1.807, 2.05) is 19.0 Å². The van der Waals surface area contributed by atoms with Gasteiger partial charge in [-0.1, -0.05) is 23.7 Å². The van der Waals surface area contributed by atoms with Gasteiger partial charge in [0.05, 0.1) is 17.0 Å². The third-order valence-corrected chi connectivity index (χ3v) is 4.36. The predicted octanol–water partition coefficient (Wildman–Crippen LogP) is 1.17. The van der Waals surface area contributed by atoms with Crippen molar-refractivity contribution in [3.63, 3.8) is 0 Å². The van der Waals surface area contributed by atoms with Gasteiger partial charge < -0.3 is 10.2 Å². The van der Waals surface area contributed by atoms with Gasteiger partial charge in [0.1, 0.15) is 6.54 Å². The van der Waals surface area contributed by atoms with Crippen molar-refractivity contribution in [2.75, 3.05) is 44.3 Å². The van der Waals surface area contributed by atoms with Gasteiger partial charge in [0.25, 0.3) is 0 Å². The monoisotopic (exact) mass is 347 g/mol. The minimum absolute atomic E-state index is 0.285. The molecule has 1 amide bonds. The first-order chi connectivity index (χ1) is 10.2. The summed E-state index contributed by atoms with van der Waals surface area (Å²) in [5, 5.41) is 3.00.